The first-order valence-electron chi connectivity index (χ1n) is 11.8. The summed E-state index contributed by atoms with van der Waals surface area (Å²) in [7, 11) is 3.68. The van der Waals surface area contributed by atoms with Gasteiger partial charge in [0.15, 0.2) is 0 Å². The third kappa shape index (κ3) is 4.76. The Hall–Kier alpha value is -2.86. The highest BCUT2D eigenvalue weighted by molar-refractivity contribution is 5.94. The number of rotatable bonds is 7. The second-order valence-electron chi connectivity index (χ2n) is 9.66. The molecule has 0 saturated carbocycles. The molecule has 1 atom stereocenters. The molecule has 1 spiro atoms. The molecule has 33 heavy (non-hydrogen) atoms. The molecule has 6 heteroatoms. The van der Waals surface area contributed by atoms with Crippen molar-refractivity contribution in [3.8, 4) is 5.75 Å². The molecule has 1 fully saturated rings. The van der Waals surface area contributed by atoms with E-state index in [1.54, 1.807) is 7.11 Å². The summed E-state index contributed by atoms with van der Waals surface area (Å²) < 4.78 is 11.1. The molecule has 2 aliphatic heterocycles. The van der Waals surface area contributed by atoms with Gasteiger partial charge in [0.1, 0.15) is 11.4 Å². The molecular formula is C27H34N2O4. The Balaban J connectivity index is 1.45. The van der Waals surface area contributed by atoms with Crippen LogP contribution in [-0.2, 0) is 21.7 Å². The van der Waals surface area contributed by atoms with Gasteiger partial charge in [-0.1, -0.05) is 44.2 Å². The number of esters is 1. The van der Waals surface area contributed by atoms with Gasteiger partial charge in [-0.3, -0.25) is 9.69 Å². The Labute approximate surface area is 196 Å². The summed E-state index contributed by atoms with van der Waals surface area (Å²) in [5.74, 6) is 1.14. The second kappa shape index (κ2) is 9.56. The maximum Gasteiger partial charge on any atom is 0.339 e. The van der Waals surface area contributed by atoms with Gasteiger partial charge >= 0.3 is 5.97 Å². The first-order chi connectivity index (χ1) is 15.8. The van der Waals surface area contributed by atoms with Crippen LogP contribution in [0.1, 0.15) is 54.6 Å². The fraction of sp³-hybridized carbons (Fsp3) is 0.481. The van der Waals surface area contributed by atoms with Gasteiger partial charge < -0.3 is 14.4 Å². The monoisotopic (exact) mass is 450 g/mol. The summed E-state index contributed by atoms with van der Waals surface area (Å²) in [6, 6.07) is 15.4. The third-order valence-electron chi connectivity index (χ3n) is 6.91. The minimum absolute atomic E-state index is 0.159. The Morgan fingerprint density at radius 2 is 1.79 bits per heavy atom. The standard InChI is InChI=1S/C27H34N2O4/c1-19(2)17-24(28(3)18-20-9-11-21(32-4)12-10-20)25(30)29-15-13-27(14-16-29)23-8-6-5-7-22(23)26(31)33-27/h5-12,19,24H,13-18H2,1-4H3. The molecule has 6 nitrogen and oxygen atoms in total. The van der Waals surface area contributed by atoms with E-state index in [-0.39, 0.29) is 17.9 Å². The zero-order valence-electron chi connectivity index (χ0n) is 20.0. The van der Waals surface area contributed by atoms with Crippen LogP contribution in [0.4, 0.5) is 0 Å². The van der Waals surface area contributed by atoms with Crippen LogP contribution in [0.25, 0.3) is 0 Å². The molecule has 2 aromatic carbocycles. The van der Waals surface area contributed by atoms with Gasteiger partial charge in [0.2, 0.25) is 5.91 Å². The normalized spacial score (nSPS) is 17.9. The SMILES string of the molecule is COc1ccc(CN(C)C(CC(C)C)C(=O)N2CCC3(CC2)OC(=O)c2ccccc23)cc1. The highest BCUT2D eigenvalue weighted by Gasteiger charge is 2.48. The van der Waals surface area contributed by atoms with E-state index in [0.717, 1.165) is 23.3 Å². The number of fused-ring (bicyclic) bond motifs is 2. The van der Waals surface area contributed by atoms with Crippen LogP contribution < -0.4 is 4.74 Å². The summed E-state index contributed by atoms with van der Waals surface area (Å²) >= 11 is 0. The Morgan fingerprint density at radius 3 is 2.42 bits per heavy atom. The zero-order valence-corrected chi connectivity index (χ0v) is 20.0. The number of amides is 1. The van der Waals surface area contributed by atoms with Crippen LogP contribution in [-0.4, -0.2) is 55.0 Å². The molecule has 1 amide bonds. The van der Waals surface area contributed by atoms with Crippen molar-refractivity contribution < 1.29 is 19.1 Å². The Bertz CT molecular complexity index is 993. The molecular weight excluding hydrogens is 416 g/mol. The number of piperidine rings is 1. The van der Waals surface area contributed by atoms with Crippen molar-refractivity contribution in [1.29, 1.82) is 0 Å². The van der Waals surface area contributed by atoms with E-state index in [1.807, 2.05) is 60.5 Å². The van der Waals surface area contributed by atoms with Crippen molar-refractivity contribution in [2.24, 2.45) is 5.92 Å². The molecule has 0 aliphatic carbocycles. The first kappa shape index (κ1) is 23.3. The first-order valence-corrected chi connectivity index (χ1v) is 11.8. The van der Waals surface area contributed by atoms with E-state index in [2.05, 4.69) is 18.7 Å². The predicted octanol–water partition coefficient (Wildman–Crippen LogP) is 4.23. The molecule has 0 aromatic heterocycles. The number of hydrogen-bond acceptors (Lipinski definition) is 5. The predicted molar refractivity (Wildman–Crippen MR) is 127 cm³/mol. The largest absolute Gasteiger partial charge is 0.497 e. The van der Waals surface area contributed by atoms with Gasteiger partial charge in [0.25, 0.3) is 0 Å². The lowest BCUT2D eigenvalue weighted by Gasteiger charge is -2.41. The third-order valence-corrected chi connectivity index (χ3v) is 6.91. The highest BCUT2D eigenvalue weighted by Crippen LogP contribution is 2.44. The van der Waals surface area contributed by atoms with E-state index in [1.165, 1.54) is 0 Å². The van der Waals surface area contributed by atoms with Crippen molar-refractivity contribution >= 4 is 11.9 Å². The summed E-state index contributed by atoms with van der Waals surface area (Å²) in [5, 5.41) is 0. The number of likely N-dealkylation sites (tertiary alicyclic amines) is 1. The van der Waals surface area contributed by atoms with Crippen molar-refractivity contribution in [1.82, 2.24) is 9.80 Å². The maximum absolute atomic E-state index is 13.6. The van der Waals surface area contributed by atoms with E-state index in [9.17, 15) is 9.59 Å². The number of methoxy groups -OCH3 is 1. The minimum atomic E-state index is -0.590. The summed E-state index contributed by atoms with van der Waals surface area (Å²) in [5.41, 5.74) is 2.19. The van der Waals surface area contributed by atoms with E-state index >= 15 is 0 Å². The number of carbonyl (C=O) groups is 2. The van der Waals surface area contributed by atoms with Crippen molar-refractivity contribution in [2.75, 3.05) is 27.2 Å². The van der Waals surface area contributed by atoms with Crippen LogP contribution in [0.5, 0.6) is 5.75 Å². The molecule has 1 saturated heterocycles. The maximum atomic E-state index is 13.6. The summed E-state index contributed by atoms with van der Waals surface area (Å²) in [6.45, 7) is 6.18. The van der Waals surface area contributed by atoms with Gasteiger partial charge in [-0.05, 0) is 43.1 Å². The fourth-order valence-corrected chi connectivity index (χ4v) is 5.06. The van der Waals surface area contributed by atoms with Crippen molar-refractivity contribution in [3.05, 3.63) is 65.2 Å². The van der Waals surface area contributed by atoms with Gasteiger partial charge in [0, 0.05) is 38.0 Å². The average molecular weight is 451 g/mol. The van der Waals surface area contributed by atoms with Crippen LogP contribution in [0.15, 0.2) is 48.5 Å². The van der Waals surface area contributed by atoms with E-state index in [0.29, 0.717) is 44.0 Å². The molecule has 0 N–H and O–H groups in total. The number of ether oxygens (including phenoxy) is 2. The molecule has 2 heterocycles. The molecule has 0 bridgehead atoms. The van der Waals surface area contributed by atoms with Gasteiger partial charge in [-0.15, -0.1) is 0 Å². The van der Waals surface area contributed by atoms with E-state index in [4.69, 9.17) is 9.47 Å². The molecule has 2 aromatic rings. The van der Waals surface area contributed by atoms with E-state index < -0.39 is 5.60 Å². The number of carbonyl (C=O) groups excluding carboxylic acids is 2. The second-order valence-corrected chi connectivity index (χ2v) is 9.66. The lowest BCUT2D eigenvalue weighted by molar-refractivity contribution is -0.141. The zero-order chi connectivity index (χ0) is 23.6. The van der Waals surface area contributed by atoms with Crippen LogP contribution in [0.2, 0.25) is 0 Å². The van der Waals surface area contributed by atoms with Crippen molar-refractivity contribution in [3.63, 3.8) is 0 Å². The number of hydrogen-bond donors (Lipinski definition) is 0. The van der Waals surface area contributed by atoms with Gasteiger partial charge in [0.05, 0.1) is 18.7 Å². The Kier molecular flexibility index (Phi) is 6.75. The highest BCUT2D eigenvalue weighted by atomic mass is 16.6. The minimum Gasteiger partial charge on any atom is -0.497 e. The molecule has 176 valence electrons. The van der Waals surface area contributed by atoms with Gasteiger partial charge in [-0.25, -0.2) is 4.79 Å². The van der Waals surface area contributed by atoms with Crippen LogP contribution in [0, 0.1) is 5.92 Å². The lowest BCUT2D eigenvalue weighted by atomic mass is 9.83. The van der Waals surface area contributed by atoms with Gasteiger partial charge in [-0.2, -0.15) is 0 Å². The molecule has 1 unspecified atom stereocenters. The van der Waals surface area contributed by atoms with Crippen LogP contribution >= 0.6 is 0 Å². The fourth-order valence-electron chi connectivity index (χ4n) is 5.06. The Morgan fingerprint density at radius 1 is 1.12 bits per heavy atom. The van der Waals surface area contributed by atoms with Crippen LogP contribution in [0.3, 0.4) is 0 Å². The number of likely N-dealkylation sites (N-methyl/N-ethyl adjacent to an activating group) is 1. The summed E-state index contributed by atoms with van der Waals surface area (Å²) in [4.78, 5) is 30.1. The quantitative estimate of drug-likeness (QED) is 0.591. The lowest BCUT2D eigenvalue weighted by Crippen LogP contribution is -2.52. The molecule has 4 rings (SSSR count). The summed E-state index contributed by atoms with van der Waals surface area (Å²) in [6.07, 6.45) is 2.07. The number of benzene rings is 2. The smallest absolute Gasteiger partial charge is 0.339 e. The number of nitrogens with zero attached hydrogens (tertiary/aromatic N) is 2. The molecule has 2 aliphatic rings. The average Bonchev–Trinajstić information content (AvgIpc) is 3.09. The van der Waals surface area contributed by atoms with Crippen molar-refractivity contribution in [2.45, 2.75) is 51.3 Å². The topological polar surface area (TPSA) is 59.1 Å². The molecule has 0 radical (unpaired) electrons.